The molecule has 1 aliphatic rings. The number of nitrogens with one attached hydrogen (secondary N) is 1. The second-order valence-electron chi connectivity index (χ2n) is 7.22. The Labute approximate surface area is 165 Å². The lowest BCUT2D eigenvalue weighted by atomic mass is 10.1. The fraction of sp³-hybridized carbons (Fsp3) is 0.364. The maximum Gasteiger partial charge on any atom is 0.252 e. The Morgan fingerprint density at radius 3 is 2.56 bits per heavy atom. The summed E-state index contributed by atoms with van der Waals surface area (Å²) < 4.78 is 0. The van der Waals surface area contributed by atoms with E-state index in [1.54, 1.807) is 0 Å². The number of nitrogens with zero attached hydrogens (tertiary/aromatic N) is 1. The van der Waals surface area contributed by atoms with Gasteiger partial charge in [0.1, 0.15) is 0 Å². The van der Waals surface area contributed by atoms with Crippen LogP contribution in [0.1, 0.15) is 36.7 Å². The van der Waals surface area contributed by atoms with E-state index >= 15 is 0 Å². The maximum absolute atomic E-state index is 12.7. The molecule has 0 saturated heterocycles. The molecule has 1 N–H and O–H groups in total. The van der Waals surface area contributed by atoms with E-state index in [-0.39, 0.29) is 17.9 Å². The van der Waals surface area contributed by atoms with Gasteiger partial charge >= 0.3 is 0 Å². The molecule has 0 spiro atoms. The average molecular weight is 383 g/mol. The van der Waals surface area contributed by atoms with Crippen LogP contribution in [0.5, 0.6) is 0 Å². The number of amides is 2. The SMILES string of the molecule is CC(C)C(C)NC(=O)c1ccccc1SCC(=O)N1CCc2ccccc21. The number of para-hydroxylation sites is 1. The summed E-state index contributed by atoms with van der Waals surface area (Å²) in [5.74, 6) is 0.679. The van der Waals surface area contributed by atoms with Gasteiger partial charge < -0.3 is 10.2 Å². The highest BCUT2D eigenvalue weighted by molar-refractivity contribution is 8.00. The standard InChI is InChI=1S/C22H26N2O2S/c1-15(2)16(3)23-22(26)18-9-5-7-11-20(18)27-14-21(25)24-13-12-17-8-4-6-10-19(17)24/h4-11,15-16H,12-14H2,1-3H3,(H,23,26). The maximum atomic E-state index is 12.7. The number of fused-ring (bicyclic) bond motifs is 1. The predicted molar refractivity (Wildman–Crippen MR) is 111 cm³/mol. The number of carbonyl (C=O) groups excluding carboxylic acids is 2. The number of carbonyl (C=O) groups is 2. The highest BCUT2D eigenvalue weighted by Gasteiger charge is 2.24. The molecule has 142 valence electrons. The second-order valence-corrected chi connectivity index (χ2v) is 8.23. The molecular formula is C22H26N2O2S. The Morgan fingerprint density at radius 1 is 1.07 bits per heavy atom. The number of hydrogen-bond acceptors (Lipinski definition) is 3. The summed E-state index contributed by atoms with van der Waals surface area (Å²) in [7, 11) is 0. The van der Waals surface area contributed by atoms with E-state index in [1.807, 2.05) is 54.3 Å². The summed E-state index contributed by atoms with van der Waals surface area (Å²) in [6.45, 7) is 6.90. The van der Waals surface area contributed by atoms with Gasteiger partial charge in [0, 0.05) is 23.2 Å². The van der Waals surface area contributed by atoms with Crippen molar-refractivity contribution in [3.63, 3.8) is 0 Å². The van der Waals surface area contributed by atoms with Crippen LogP contribution >= 0.6 is 11.8 Å². The zero-order valence-corrected chi connectivity index (χ0v) is 16.9. The van der Waals surface area contributed by atoms with Crippen molar-refractivity contribution in [2.75, 3.05) is 17.2 Å². The van der Waals surface area contributed by atoms with E-state index in [0.717, 1.165) is 23.5 Å². The molecule has 5 heteroatoms. The highest BCUT2D eigenvalue weighted by Crippen LogP contribution is 2.29. The lowest BCUT2D eigenvalue weighted by Crippen LogP contribution is -2.36. The van der Waals surface area contributed by atoms with E-state index in [1.165, 1.54) is 17.3 Å². The van der Waals surface area contributed by atoms with Crippen molar-refractivity contribution in [2.24, 2.45) is 5.92 Å². The molecular weight excluding hydrogens is 356 g/mol. The van der Waals surface area contributed by atoms with Crippen LogP contribution in [0.15, 0.2) is 53.4 Å². The molecule has 0 aromatic heterocycles. The van der Waals surface area contributed by atoms with Crippen LogP contribution in [-0.2, 0) is 11.2 Å². The summed E-state index contributed by atoms with van der Waals surface area (Å²) in [6, 6.07) is 15.6. The van der Waals surface area contributed by atoms with Crippen molar-refractivity contribution < 1.29 is 9.59 Å². The van der Waals surface area contributed by atoms with Gasteiger partial charge in [-0.25, -0.2) is 0 Å². The molecule has 0 aliphatic carbocycles. The Hall–Kier alpha value is -2.27. The van der Waals surface area contributed by atoms with Crippen molar-refractivity contribution in [2.45, 2.75) is 38.1 Å². The van der Waals surface area contributed by atoms with Crippen molar-refractivity contribution in [3.8, 4) is 0 Å². The third-order valence-electron chi connectivity index (χ3n) is 5.03. The third kappa shape index (κ3) is 4.53. The minimum absolute atomic E-state index is 0.0794. The van der Waals surface area contributed by atoms with Crippen LogP contribution in [0.4, 0.5) is 5.69 Å². The molecule has 2 aromatic rings. The minimum Gasteiger partial charge on any atom is -0.349 e. The Morgan fingerprint density at radius 2 is 1.78 bits per heavy atom. The molecule has 1 heterocycles. The normalized spacial score (nSPS) is 14.1. The van der Waals surface area contributed by atoms with Crippen LogP contribution < -0.4 is 10.2 Å². The van der Waals surface area contributed by atoms with Gasteiger partial charge in [-0.05, 0) is 43.0 Å². The molecule has 27 heavy (non-hydrogen) atoms. The first-order valence-electron chi connectivity index (χ1n) is 9.38. The van der Waals surface area contributed by atoms with Crippen LogP contribution in [-0.4, -0.2) is 30.2 Å². The van der Waals surface area contributed by atoms with Crippen molar-refractivity contribution in [1.82, 2.24) is 5.32 Å². The third-order valence-corrected chi connectivity index (χ3v) is 6.09. The minimum atomic E-state index is -0.0849. The topological polar surface area (TPSA) is 49.4 Å². The zero-order valence-electron chi connectivity index (χ0n) is 16.1. The van der Waals surface area contributed by atoms with Gasteiger partial charge in [0.2, 0.25) is 5.91 Å². The van der Waals surface area contributed by atoms with Crippen LogP contribution in [0.3, 0.4) is 0 Å². The van der Waals surface area contributed by atoms with Gasteiger partial charge in [0.25, 0.3) is 5.91 Å². The number of thioether (sulfide) groups is 1. The number of hydrogen-bond donors (Lipinski definition) is 1. The molecule has 0 saturated carbocycles. The fourth-order valence-corrected chi connectivity index (χ4v) is 3.97. The van der Waals surface area contributed by atoms with Gasteiger partial charge in [-0.15, -0.1) is 11.8 Å². The average Bonchev–Trinajstić information content (AvgIpc) is 3.10. The van der Waals surface area contributed by atoms with E-state index in [9.17, 15) is 9.59 Å². The van der Waals surface area contributed by atoms with Gasteiger partial charge in [-0.3, -0.25) is 9.59 Å². The molecule has 0 fully saturated rings. The van der Waals surface area contributed by atoms with Gasteiger partial charge in [-0.1, -0.05) is 44.2 Å². The molecule has 2 aromatic carbocycles. The van der Waals surface area contributed by atoms with E-state index in [0.29, 0.717) is 17.2 Å². The van der Waals surface area contributed by atoms with Crippen molar-refractivity contribution >= 4 is 29.3 Å². The molecule has 1 atom stereocenters. The first-order chi connectivity index (χ1) is 13.0. The monoisotopic (exact) mass is 382 g/mol. The predicted octanol–water partition coefficient (Wildman–Crippen LogP) is 4.14. The van der Waals surface area contributed by atoms with E-state index < -0.39 is 0 Å². The van der Waals surface area contributed by atoms with Crippen molar-refractivity contribution in [1.29, 1.82) is 0 Å². The summed E-state index contributed by atoms with van der Waals surface area (Å²) in [6.07, 6.45) is 0.901. The van der Waals surface area contributed by atoms with Crippen LogP contribution in [0, 0.1) is 5.92 Å². The summed E-state index contributed by atoms with van der Waals surface area (Å²) in [5, 5.41) is 3.04. The van der Waals surface area contributed by atoms with Crippen LogP contribution in [0.25, 0.3) is 0 Å². The summed E-state index contributed by atoms with van der Waals surface area (Å²) in [4.78, 5) is 28.1. The zero-order chi connectivity index (χ0) is 19.4. The van der Waals surface area contributed by atoms with Gasteiger partial charge in [0.05, 0.1) is 11.3 Å². The Kier molecular flexibility index (Phi) is 6.22. The molecule has 3 rings (SSSR count). The molecule has 1 aliphatic heterocycles. The fourth-order valence-electron chi connectivity index (χ4n) is 3.05. The number of anilines is 1. The van der Waals surface area contributed by atoms with E-state index in [2.05, 4.69) is 25.2 Å². The molecule has 0 bridgehead atoms. The lowest BCUT2D eigenvalue weighted by Gasteiger charge is -2.19. The smallest absolute Gasteiger partial charge is 0.252 e. The van der Waals surface area contributed by atoms with Gasteiger partial charge in [-0.2, -0.15) is 0 Å². The molecule has 4 nitrogen and oxygen atoms in total. The van der Waals surface area contributed by atoms with E-state index in [4.69, 9.17) is 0 Å². The number of benzene rings is 2. The number of rotatable bonds is 6. The first-order valence-corrected chi connectivity index (χ1v) is 10.4. The highest BCUT2D eigenvalue weighted by atomic mass is 32.2. The summed E-state index contributed by atoms with van der Waals surface area (Å²) in [5.41, 5.74) is 2.86. The quantitative estimate of drug-likeness (QED) is 0.764. The summed E-state index contributed by atoms with van der Waals surface area (Å²) >= 11 is 1.43. The molecule has 2 amide bonds. The van der Waals surface area contributed by atoms with Crippen LogP contribution in [0.2, 0.25) is 0 Å². The Balaban J connectivity index is 1.67. The van der Waals surface area contributed by atoms with Crippen molar-refractivity contribution in [3.05, 3.63) is 59.7 Å². The second kappa shape index (κ2) is 8.61. The molecule has 1 unspecified atom stereocenters. The Bertz CT molecular complexity index is 835. The first kappa shape index (κ1) is 19.5. The largest absolute Gasteiger partial charge is 0.349 e. The lowest BCUT2D eigenvalue weighted by molar-refractivity contribution is -0.116. The molecule has 0 radical (unpaired) electrons. The van der Waals surface area contributed by atoms with Gasteiger partial charge in [0.15, 0.2) is 0 Å².